The van der Waals surface area contributed by atoms with E-state index in [2.05, 4.69) is 26.6 Å². The number of anilines is 2. The van der Waals surface area contributed by atoms with Crippen LogP contribution in [-0.2, 0) is 0 Å². The molecule has 1 aromatic carbocycles. The summed E-state index contributed by atoms with van der Waals surface area (Å²) in [5.41, 5.74) is 5.33. The van der Waals surface area contributed by atoms with Gasteiger partial charge in [0, 0.05) is 12.1 Å². The first-order chi connectivity index (χ1) is 14.6. The van der Waals surface area contributed by atoms with Crippen LogP contribution in [0.1, 0.15) is 29.7 Å². The Labute approximate surface area is 181 Å². The number of carbonyl (C=O) groups excluding carboxylic acids is 1. The Morgan fingerprint density at radius 3 is 2.68 bits per heavy atom. The third kappa shape index (κ3) is 4.93. The van der Waals surface area contributed by atoms with Gasteiger partial charge in [0.2, 0.25) is 0 Å². The third-order valence-electron chi connectivity index (χ3n) is 4.62. The van der Waals surface area contributed by atoms with Gasteiger partial charge in [-0.2, -0.15) is 18.3 Å². The van der Waals surface area contributed by atoms with Crippen molar-refractivity contribution in [2.45, 2.75) is 31.6 Å². The van der Waals surface area contributed by atoms with Crippen LogP contribution in [0.2, 0.25) is 0 Å². The monoisotopic (exact) mass is 458 g/mol. The van der Waals surface area contributed by atoms with Gasteiger partial charge in [-0.25, -0.2) is 4.68 Å². The lowest BCUT2D eigenvalue weighted by molar-refractivity contribution is -0.173. The second-order valence-corrected chi connectivity index (χ2v) is 7.20. The molecule has 1 aromatic heterocycles. The first kappa shape index (κ1) is 22.5. The molecule has 0 spiro atoms. The van der Waals surface area contributed by atoms with Crippen LogP contribution < -0.4 is 31.0 Å². The molecular weight excluding hydrogens is 437 g/mol. The van der Waals surface area contributed by atoms with E-state index < -0.39 is 24.2 Å². The third-order valence-corrected chi connectivity index (χ3v) is 4.82. The lowest BCUT2D eigenvalue weighted by atomic mass is 10.1. The highest BCUT2D eigenvalue weighted by Gasteiger charge is 2.46. The Hall–Kier alpha value is -3.22. The van der Waals surface area contributed by atoms with E-state index in [1.807, 2.05) is 0 Å². The first-order valence-electron chi connectivity index (χ1n) is 9.14. The number of nitrogens with zero attached hydrogens (tertiary/aromatic N) is 2. The van der Waals surface area contributed by atoms with Crippen LogP contribution in [-0.4, -0.2) is 47.2 Å². The molecule has 3 rings (SSSR count). The quantitative estimate of drug-likeness (QED) is 0.410. The van der Waals surface area contributed by atoms with Crippen molar-refractivity contribution in [3.8, 4) is 11.5 Å². The zero-order valence-corrected chi connectivity index (χ0v) is 17.6. The minimum Gasteiger partial charge on any atom is -0.497 e. The molecule has 0 bridgehead atoms. The molecule has 4 N–H and O–H groups in total. The van der Waals surface area contributed by atoms with Crippen LogP contribution in [0, 0.1) is 0 Å². The summed E-state index contributed by atoms with van der Waals surface area (Å²) < 4.78 is 51.1. The summed E-state index contributed by atoms with van der Waals surface area (Å²) in [4.78, 5) is 12.5. The number of nitrogens with one attached hydrogen (secondary N) is 4. The number of hydrazine groups is 1. The Morgan fingerprint density at radius 1 is 1.29 bits per heavy atom. The van der Waals surface area contributed by atoms with Gasteiger partial charge in [-0.1, -0.05) is 0 Å². The number of alkyl halides is 3. The number of thiocarbonyl (C=S) groups is 1. The lowest BCUT2D eigenvalue weighted by Crippen LogP contribution is -2.44. The average molecular weight is 458 g/mol. The van der Waals surface area contributed by atoms with E-state index in [1.165, 1.54) is 14.2 Å². The van der Waals surface area contributed by atoms with Crippen molar-refractivity contribution in [1.29, 1.82) is 0 Å². The average Bonchev–Trinajstić information content (AvgIpc) is 3.14. The molecule has 0 saturated carbocycles. The zero-order valence-electron chi connectivity index (χ0n) is 16.8. The molecule has 0 aliphatic carbocycles. The molecule has 0 saturated heterocycles. The normalized spacial score (nSPS) is 17.7. The van der Waals surface area contributed by atoms with Crippen LogP contribution in [0.3, 0.4) is 0 Å². The van der Waals surface area contributed by atoms with Crippen LogP contribution in [0.4, 0.5) is 24.7 Å². The SMILES string of the molecule is COc1ccc(NC(=S)NNC(=O)c2cnn3c2N[C@@H](C)C[C@H]3C(F)(F)F)c(OC)c1. The van der Waals surface area contributed by atoms with E-state index in [4.69, 9.17) is 21.7 Å². The molecule has 2 atom stereocenters. The molecule has 0 unspecified atom stereocenters. The van der Waals surface area contributed by atoms with Crippen molar-refractivity contribution in [3.05, 3.63) is 30.0 Å². The van der Waals surface area contributed by atoms with Crippen LogP contribution in [0.25, 0.3) is 0 Å². The van der Waals surface area contributed by atoms with Gasteiger partial charge < -0.3 is 20.1 Å². The van der Waals surface area contributed by atoms with Crippen LogP contribution in [0.15, 0.2) is 24.4 Å². The predicted molar refractivity (Wildman–Crippen MR) is 111 cm³/mol. The van der Waals surface area contributed by atoms with E-state index in [-0.39, 0.29) is 22.9 Å². The minimum absolute atomic E-state index is 0.00363. The number of amides is 1. The summed E-state index contributed by atoms with van der Waals surface area (Å²) in [6.45, 7) is 1.61. The maximum atomic E-state index is 13.3. The molecule has 2 heterocycles. The summed E-state index contributed by atoms with van der Waals surface area (Å²) in [5, 5.41) is 9.53. The van der Waals surface area contributed by atoms with Gasteiger partial charge in [-0.05, 0) is 37.7 Å². The first-order valence-corrected chi connectivity index (χ1v) is 9.55. The van der Waals surface area contributed by atoms with Gasteiger partial charge in [0.05, 0.1) is 26.1 Å². The number of halogens is 3. The minimum atomic E-state index is -4.48. The van der Waals surface area contributed by atoms with Crippen LogP contribution >= 0.6 is 12.2 Å². The molecule has 2 aromatic rings. The second kappa shape index (κ2) is 8.88. The summed E-state index contributed by atoms with van der Waals surface area (Å²) in [5.74, 6) is 0.335. The van der Waals surface area contributed by atoms with Crippen molar-refractivity contribution >= 4 is 34.7 Å². The van der Waals surface area contributed by atoms with Gasteiger partial charge in [0.25, 0.3) is 5.91 Å². The molecule has 168 valence electrons. The largest absolute Gasteiger partial charge is 0.497 e. The Bertz CT molecular complexity index is 981. The van der Waals surface area contributed by atoms with Crippen molar-refractivity contribution < 1.29 is 27.4 Å². The number of fused-ring (bicyclic) bond motifs is 1. The van der Waals surface area contributed by atoms with Gasteiger partial charge in [-0.3, -0.25) is 15.6 Å². The van der Waals surface area contributed by atoms with Gasteiger partial charge in [0.1, 0.15) is 22.9 Å². The molecule has 1 amide bonds. The number of aromatic nitrogens is 2. The van der Waals surface area contributed by atoms with E-state index >= 15 is 0 Å². The fourth-order valence-electron chi connectivity index (χ4n) is 3.14. The van der Waals surface area contributed by atoms with Crippen molar-refractivity contribution in [1.82, 2.24) is 20.6 Å². The van der Waals surface area contributed by atoms with E-state index in [0.717, 1.165) is 10.9 Å². The number of hydrogen-bond acceptors (Lipinski definition) is 6. The zero-order chi connectivity index (χ0) is 22.8. The van der Waals surface area contributed by atoms with Crippen molar-refractivity contribution in [2.24, 2.45) is 0 Å². The molecule has 31 heavy (non-hydrogen) atoms. The van der Waals surface area contributed by atoms with Gasteiger partial charge >= 0.3 is 6.18 Å². The fraction of sp³-hybridized carbons (Fsp3) is 0.389. The summed E-state index contributed by atoms with van der Waals surface area (Å²) in [6, 6.07) is 2.71. The molecule has 1 aliphatic rings. The van der Waals surface area contributed by atoms with E-state index in [9.17, 15) is 18.0 Å². The lowest BCUT2D eigenvalue weighted by Gasteiger charge is -2.31. The second-order valence-electron chi connectivity index (χ2n) is 6.79. The van der Waals surface area contributed by atoms with E-state index in [0.29, 0.717) is 17.2 Å². The number of hydrogen-bond donors (Lipinski definition) is 4. The maximum Gasteiger partial charge on any atom is 0.410 e. The predicted octanol–water partition coefficient (Wildman–Crippen LogP) is 2.84. The highest BCUT2D eigenvalue weighted by molar-refractivity contribution is 7.80. The number of rotatable bonds is 4. The maximum absolute atomic E-state index is 13.3. The highest BCUT2D eigenvalue weighted by atomic mass is 32.1. The van der Waals surface area contributed by atoms with Crippen LogP contribution in [0.5, 0.6) is 11.5 Å². The Balaban J connectivity index is 1.67. The van der Waals surface area contributed by atoms with Gasteiger partial charge in [-0.15, -0.1) is 0 Å². The molecular formula is C18H21F3N6O3S. The topological polar surface area (TPSA) is 101 Å². The number of benzene rings is 1. The summed E-state index contributed by atoms with van der Waals surface area (Å²) in [7, 11) is 3.00. The Morgan fingerprint density at radius 2 is 2.03 bits per heavy atom. The van der Waals surface area contributed by atoms with Crippen molar-refractivity contribution in [2.75, 3.05) is 24.9 Å². The molecule has 13 heteroatoms. The summed E-state index contributed by atoms with van der Waals surface area (Å²) in [6.07, 6.45) is -3.58. The van der Waals surface area contributed by atoms with E-state index in [1.54, 1.807) is 25.1 Å². The fourth-order valence-corrected chi connectivity index (χ4v) is 3.31. The number of carbonyl (C=O) groups is 1. The smallest absolute Gasteiger partial charge is 0.410 e. The molecule has 1 aliphatic heterocycles. The molecule has 0 radical (unpaired) electrons. The Kier molecular flexibility index (Phi) is 6.43. The summed E-state index contributed by atoms with van der Waals surface area (Å²) >= 11 is 5.15. The molecule has 0 fully saturated rings. The van der Waals surface area contributed by atoms with Gasteiger partial charge in [0.15, 0.2) is 11.2 Å². The highest BCUT2D eigenvalue weighted by Crippen LogP contribution is 2.40. The van der Waals surface area contributed by atoms with Crippen molar-refractivity contribution in [3.63, 3.8) is 0 Å². The molecule has 9 nitrogen and oxygen atoms in total. The number of ether oxygens (including phenoxy) is 2. The standard InChI is InChI=1S/C18H21F3N6O3S/c1-9-6-14(18(19,20)21)27-15(23-9)11(8-22-27)16(28)25-26-17(31)24-12-5-4-10(29-2)7-13(12)30-3/h4-5,7-9,14,23H,6H2,1-3H3,(H,25,28)(H2,24,26,31)/t9-,14-/m0/s1. The number of methoxy groups -OCH3 is 2.